The SMILES string of the molecule is Cc1ccc(C(=[NH2+])C(CNC(=O)Nc2ccc(C)c([N+](=O)[O-])c2)N2CCCC2=O)cc1C. The summed E-state index contributed by atoms with van der Waals surface area (Å²) in [5.74, 6) is -0.00171. The second-order valence-electron chi connectivity index (χ2n) is 8.05. The minimum atomic E-state index is -0.535. The van der Waals surface area contributed by atoms with E-state index in [1.165, 1.54) is 6.07 Å². The Labute approximate surface area is 186 Å². The largest absolute Gasteiger partial charge is 0.335 e. The molecule has 0 saturated carbocycles. The van der Waals surface area contributed by atoms with E-state index in [1.807, 2.05) is 32.0 Å². The molecule has 1 heterocycles. The standard InChI is InChI=1S/C23H27N5O4/c1-14-6-8-17(11-16(14)3)22(24)20(27-10-4-5-21(27)29)13-25-23(30)26-18-9-7-15(2)19(12-18)28(31)32/h6-9,11-12,20,24H,4-5,10,13H2,1-3H3,(H2,25,26,30)/p+1. The minimum absolute atomic E-state index is 0.00171. The van der Waals surface area contributed by atoms with Crippen LogP contribution >= 0.6 is 0 Å². The summed E-state index contributed by atoms with van der Waals surface area (Å²) in [7, 11) is 0. The van der Waals surface area contributed by atoms with Crippen molar-refractivity contribution in [2.24, 2.45) is 0 Å². The highest BCUT2D eigenvalue weighted by Gasteiger charge is 2.34. The third-order valence-electron chi connectivity index (χ3n) is 5.81. The number of likely N-dealkylation sites (tertiary alicyclic amines) is 1. The number of carbonyl (C=O) groups is 2. The number of nitrogens with zero attached hydrogens (tertiary/aromatic N) is 2. The van der Waals surface area contributed by atoms with Crippen LogP contribution in [0, 0.1) is 30.9 Å². The Balaban J connectivity index is 1.74. The molecule has 2 aromatic rings. The fraction of sp³-hybridized carbons (Fsp3) is 0.348. The first kappa shape index (κ1) is 22.9. The fourth-order valence-electron chi connectivity index (χ4n) is 3.75. The van der Waals surface area contributed by atoms with Gasteiger partial charge in [-0.3, -0.25) is 20.3 Å². The van der Waals surface area contributed by atoms with Crippen molar-refractivity contribution in [3.63, 3.8) is 0 Å². The van der Waals surface area contributed by atoms with Gasteiger partial charge in [-0.25, -0.2) is 4.79 Å². The lowest BCUT2D eigenvalue weighted by Gasteiger charge is -2.26. The van der Waals surface area contributed by atoms with Crippen molar-refractivity contribution in [1.82, 2.24) is 10.2 Å². The third-order valence-corrected chi connectivity index (χ3v) is 5.81. The highest BCUT2D eigenvalue weighted by molar-refractivity contribution is 6.02. The summed E-state index contributed by atoms with van der Waals surface area (Å²) in [4.78, 5) is 37.2. The molecule has 3 rings (SSSR count). The predicted molar refractivity (Wildman–Crippen MR) is 122 cm³/mol. The first-order chi connectivity index (χ1) is 15.2. The van der Waals surface area contributed by atoms with Crippen LogP contribution in [0.15, 0.2) is 36.4 Å². The van der Waals surface area contributed by atoms with Gasteiger partial charge in [-0.2, -0.15) is 0 Å². The van der Waals surface area contributed by atoms with Crippen LogP contribution in [0.5, 0.6) is 0 Å². The van der Waals surface area contributed by atoms with Crippen molar-refractivity contribution in [2.75, 3.05) is 18.4 Å². The van der Waals surface area contributed by atoms with Gasteiger partial charge in [-0.05, 0) is 56.5 Å². The number of amides is 3. The molecule has 0 radical (unpaired) electrons. The van der Waals surface area contributed by atoms with Crippen LogP contribution < -0.4 is 16.0 Å². The molecule has 0 aliphatic carbocycles. The lowest BCUT2D eigenvalue weighted by atomic mass is 9.98. The molecular formula is C23H28N5O4+. The predicted octanol–water partition coefficient (Wildman–Crippen LogP) is 1.88. The monoisotopic (exact) mass is 438 g/mol. The van der Waals surface area contributed by atoms with Crippen LogP contribution in [0.1, 0.15) is 35.1 Å². The zero-order valence-electron chi connectivity index (χ0n) is 18.5. The highest BCUT2D eigenvalue weighted by atomic mass is 16.6. The molecule has 168 valence electrons. The van der Waals surface area contributed by atoms with Gasteiger partial charge in [0, 0.05) is 42.4 Å². The van der Waals surface area contributed by atoms with Crippen molar-refractivity contribution in [1.29, 1.82) is 0 Å². The van der Waals surface area contributed by atoms with Gasteiger partial charge in [-0.15, -0.1) is 0 Å². The topological polar surface area (TPSA) is 130 Å². The molecule has 9 nitrogen and oxygen atoms in total. The Kier molecular flexibility index (Phi) is 6.87. The quantitative estimate of drug-likeness (QED) is 0.346. The van der Waals surface area contributed by atoms with Crippen LogP contribution in [0.2, 0.25) is 0 Å². The van der Waals surface area contributed by atoms with Crippen LogP contribution in [0.25, 0.3) is 0 Å². The number of nitrogens with two attached hydrogens (primary N) is 1. The average molecular weight is 439 g/mol. The van der Waals surface area contributed by atoms with Crippen LogP contribution in [-0.2, 0) is 4.79 Å². The molecule has 1 unspecified atom stereocenters. The second kappa shape index (κ2) is 9.59. The van der Waals surface area contributed by atoms with Gasteiger partial charge >= 0.3 is 6.03 Å². The van der Waals surface area contributed by atoms with Gasteiger partial charge in [0.2, 0.25) is 11.6 Å². The first-order valence-corrected chi connectivity index (χ1v) is 10.5. The number of nitrogens with one attached hydrogen (secondary N) is 2. The van der Waals surface area contributed by atoms with Crippen molar-refractivity contribution >= 4 is 29.0 Å². The van der Waals surface area contributed by atoms with Crippen LogP contribution in [0.4, 0.5) is 16.2 Å². The summed E-state index contributed by atoms with van der Waals surface area (Å²) >= 11 is 0. The molecule has 0 spiro atoms. The van der Waals surface area contributed by atoms with Gasteiger partial charge < -0.3 is 15.5 Å². The van der Waals surface area contributed by atoms with E-state index in [1.54, 1.807) is 24.0 Å². The number of hydrogen-bond donors (Lipinski definition) is 3. The zero-order chi connectivity index (χ0) is 23.4. The molecule has 9 heteroatoms. The van der Waals surface area contributed by atoms with E-state index < -0.39 is 17.0 Å². The number of nitro benzene ring substituents is 1. The number of rotatable bonds is 7. The summed E-state index contributed by atoms with van der Waals surface area (Å²) in [6.07, 6.45) is 1.20. The molecule has 1 fully saturated rings. The third kappa shape index (κ3) is 5.11. The molecule has 0 aromatic heterocycles. The van der Waals surface area contributed by atoms with Crippen molar-refractivity contribution < 1.29 is 19.9 Å². The van der Waals surface area contributed by atoms with Gasteiger partial charge in [0.15, 0.2) is 0 Å². The summed E-state index contributed by atoms with van der Waals surface area (Å²) in [6, 6.07) is 9.32. The maximum absolute atomic E-state index is 12.5. The maximum atomic E-state index is 12.5. The van der Waals surface area contributed by atoms with Crippen molar-refractivity contribution in [2.45, 2.75) is 39.7 Å². The fourth-order valence-corrected chi connectivity index (χ4v) is 3.75. The molecule has 1 atom stereocenters. The normalized spacial score (nSPS) is 14.2. The van der Waals surface area contributed by atoms with Gasteiger partial charge in [-0.1, -0.05) is 12.1 Å². The molecule has 32 heavy (non-hydrogen) atoms. The molecule has 4 N–H and O–H groups in total. The van der Waals surface area contributed by atoms with Crippen molar-refractivity contribution in [3.8, 4) is 0 Å². The molecular weight excluding hydrogens is 410 g/mol. The molecule has 1 aliphatic rings. The second-order valence-corrected chi connectivity index (χ2v) is 8.05. The lowest BCUT2D eigenvalue weighted by molar-refractivity contribution is -0.385. The van der Waals surface area contributed by atoms with E-state index in [-0.39, 0.29) is 18.1 Å². The van der Waals surface area contributed by atoms with E-state index in [0.717, 1.165) is 23.1 Å². The first-order valence-electron chi connectivity index (χ1n) is 10.5. The minimum Gasteiger partial charge on any atom is -0.335 e. The molecule has 1 saturated heterocycles. The number of benzene rings is 2. The average Bonchev–Trinajstić information content (AvgIpc) is 3.17. The maximum Gasteiger partial charge on any atom is 0.319 e. The number of aryl methyl sites for hydroxylation is 3. The molecule has 1 aliphatic heterocycles. The lowest BCUT2D eigenvalue weighted by Crippen LogP contribution is -2.58. The van der Waals surface area contributed by atoms with Crippen LogP contribution in [0.3, 0.4) is 0 Å². The van der Waals surface area contributed by atoms with Crippen molar-refractivity contribution in [3.05, 3.63) is 68.8 Å². The number of carbonyl (C=O) groups excluding carboxylic acids is 2. The van der Waals surface area contributed by atoms with E-state index in [0.29, 0.717) is 29.9 Å². The van der Waals surface area contributed by atoms with Gasteiger partial charge in [0.25, 0.3) is 5.69 Å². The van der Waals surface area contributed by atoms with Crippen LogP contribution in [-0.4, -0.2) is 46.6 Å². The Morgan fingerprint density at radius 3 is 2.50 bits per heavy atom. The van der Waals surface area contributed by atoms with Gasteiger partial charge in [0.1, 0.15) is 6.04 Å². The Morgan fingerprint density at radius 1 is 1.16 bits per heavy atom. The number of urea groups is 1. The smallest absolute Gasteiger partial charge is 0.319 e. The summed E-state index contributed by atoms with van der Waals surface area (Å²) in [5, 5.41) is 23.0. The summed E-state index contributed by atoms with van der Waals surface area (Å²) in [5.41, 5.74) is 4.28. The Morgan fingerprint density at radius 2 is 1.88 bits per heavy atom. The number of hydrogen-bond acceptors (Lipinski definition) is 4. The number of nitro groups is 1. The summed E-state index contributed by atoms with van der Waals surface area (Å²) < 4.78 is 0. The number of anilines is 1. The van der Waals surface area contributed by atoms with E-state index in [2.05, 4.69) is 10.6 Å². The molecule has 2 aromatic carbocycles. The molecule has 0 bridgehead atoms. The summed E-state index contributed by atoms with van der Waals surface area (Å²) in [6.45, 7) is 6.32. The highest BCUT2D eigenvalue weighted by Crippen LogP contribution is 2.22. The van der Waals surface area contributed by atoms with E-state index in [9.17, 15) is 19.7 Å². The van der Waals surface area contributed by atoms with E-state index >= 15 is 0 Å². The zero-order valence-corrected chi connectivity index (χ0v) is 18.5. The Hall–Kier alpha value is -3.75. The van der Waals surface area contributed by atoms with Gasteiger partial charge in [0.05, 0.1) is 4.92 Å². The van der Waals surface area contributed by atoms with E-state index in [4.69, 9.17) is 5.41 Å². The molecule has 3 amide bonds. The Bertz CT molecular complexity index is 1080.